The Bertz CT molecular complexity index is 421. The molecular weight excluding hydrogens is 305 g/mol. The van der Waals surface area contributed by atoms with Crippen LogP contribution in [0.4, 0.5) is 0 Å². The summed E-state index contributed by atoms with van der Waals surface area (Å²) in [5.41, 5.74) is 0.601. The molecule has 1 aromatic carbocycles. The lowest BCUT2D eigenvalue weighted by molar-refractivity contribution is 0.0792. The first-order chi connectivity index (χ1) is 8.13. The van der Waals surface area contributed by atoms with E-state index >= 15 is 0 Å². The molecule has 2 rings (SSSR count). The van der Waals surface area contributed by atoms with Crippen molar-refractivity contribution < 1.29 is 9.53 Å². The first kappa shape index (κ1) is 12.7. The summed E-state index contributed by atoms with van der Waals surface area (Å²) in [6, 6.07) is 3.41. The molecule has 1 aromatic rings. The summed E-state index contributed by atoms with van der Waals surface area (Å²) in [5.74, 6) is 0.595. The van der Waals surface area contributed by atoms with Crippen LogP contribution >= 0.6 is 27.5 Å². The van der Waals surface area contributed by atoms with E-state index in [-0.39, 0.29) is 5.91 Å². The quantitative estimate of drug-likeness (QED) is 0.837. The summed E-state index contributed by atoms with van der Waals surface area (Å²) in [6.07, 6.45) is 2.16. The molecule has 1 fully saturated rings. The number of methoxy groups -OCH3 is 1. The van der Waals surface area contributed by atoms with E-state index in [9.17, 15) is 4.79 Å². The lowest BCUT2D eigenvalue weighted by atomic mass is 10.2. The van der Waals surface area contributed by atoms with E-state index in [1.165, 1.54) is 0 Å². The summed E-state index contributed by atoms with van der Waals surface area (Å²) >= 11 is 9.41. The van der Waals surface area contributed by atoms with Crippen molar-refractivity contribution in [3.63, 3.8) is 0 Å². The van der Waals surface area contributed by atoms with Crippen LogP contribution in [0.5, 0.6) is 5.75 Å². The lowest BCUT2D eigenvalue weighted by Gasteiger charge is -2.16. The van der Waals surface area contributed by atoms with Crippen molar-refractivity contribution in [2.45, 2.75) is 12.8 Å². The van der Waals surface area contributed by atoms with Gasteiger partial charge in [-0.05, 0) is 40.9 Å². The Labute approximate surface area is 114 Å². The van der Waals surface area contributed by atoms with E-state index in [0.717, 1.165) is 25.9 Å². The Hall–Kier alpha value is -0.740. The van der Waals surface area contributed by atoms with E-state index in [0.29, 0.717) is 20.8 Å². The zero-order valence-corrected chi connectivity index (χ0v) is 11.8. The van der Waals surface area contributed by atoms with Crippen LogP contribution in [-0.4, -0.2) is 31.0 Å². The van der Waals surface area contributed by atoms with Gasteiger partial charge in [-0.3, -0.25) is 4.79 Å². The highest BCUT2D eigenvalue weighted by Gasteiger charge is 2.21. The Morgan fingerprint density at radius 2 is 2.06 bits per heavy atom. The van der Waals surface area contributed by atoms with Crippen molar-refractivity contribution in [3.05, 3.63) is 27.2 Å². The van der Waals surface area contributed by atoms with Gasteiger partial charge in [-0.1, -0.05) is 11.6 Å². The average molecular weight is 319 g/mol. The van der Waals surface area contributed by atoms with Gasteiger partial charge in [0.05, 0.1) is 16.6 Å². The molecule has 0 radical (unpaired) electrons. The average Bonchev–Trinajstić information content (AvgIpc) is 2.81. The van der Waals surface area contributed by atoms with Crippen LogP contribution in [0.25, 0.3) is 0 Å². The van der Waals surface area contributed by atoms with Gasteiger partial charge in [-0.2, -0.15) is 0 Å². The Balaban J connectivity index is 2.30. The first-order valence-electron chi connectivity index (χ1n) is 5.46. The van der Waals surface area contributed by atoms with Gasteiger partial charge in [-0.25, -0.2) is 0 Å². The second kappa shape index (κ2) is 5.27. The molecule has 1 saturated heterocycles. The molecule has 0 spiro atoms. The minimum atomic E-state index is 0.0350. The fourth-order valence-corrected chi connectivity index (χ4v) is 3.01. The van der Waals surface area contributed by atoms with E-state index in [1.807, 2.05) is 4.90 Å². The molecule has 0 atom stereocenters. The lowest BCUT2D eigenvalue weighted by Crippen LogP contribution is -2.27. The van der Waals surface area contributed by atoms with Crippen molar-refractivity contribution in [2.24, 2.45) is 0 Å². The predicted molar refractivity (Wildman–Crippen MR) is 70.8 cm³/mol. The second-order valence-electron chi connectivity index (χ2n) is 3.97. The summed E-state index contributed by atoms with van der Waals surface area (Å²) < 4.78 is 5.84. The van der Waals surface area contributed by atoms with E-state index in [4.69, 9.17) is 16.3 Å². The summed E-state index contributed by atoms with van der Waals surface area (Å²) in [7, 11) is 1.55. The summed E-state index contributed by atoms with van der Waals surface area (Å²) in [4.78, 5) is 14.0. The molecule has 1 heterocycles. The molecule has 5 heteroatoms. The van der Waals surface area contributed by atoms with Gasteiger partial charge in [0, 0.05) is 18.7 Å². The molecule has 0 bridgehead atoms. The number of hydrogen-bond donors (Lipinski definition) is 0. The first-order valence-corrected chi connectivity index (χ1v) is 6.63. The molecule has 0 saturated carbocycles. The molecule has 1 amide bonds. The molecule has 0 aliphatic carbocycles. The standard InChI is InChI=1S/C12H13BrClNO2/c1-17-11-9(13)6-8(7-10(11)14)12(16)15-4-2-3-5-15/h6-7H,2-5H2,1H3. The third-order valence-electron chi connectivity index (χ3n) is 2.84. The number of ether oxygens (including phenoxy) is 1. The van der Waals surface area contributed by atoms with Gasteiger partial charge < -0.3 is 9.64 Å². The Morgan fingerprint density at radius 3 is 2.59 bits per heavy atom. The number of likely N-dealkylation sites (tertiary alicyclic amines) is 1. The Kier molecular flexibility index (Phi) is 3.94. The molecule has 0 unspecified atom stereocenters. The van der Waals surface area contributed by atoms with E-state index < -0.39 is 0 Å². The van der Waals surface area contributed by atoms with Crippen LogP contribution in [0.15, 0.2) is 16.6 Å². The number of halogens is 2. The maximum absolute atomic E-state index is 12.2. The van der Waals surface area contributed by atoms with Gasteiger partial charge >= 0.3 is 0 Å². The minimum absolute atomic E-state index is 0.0350. The third-order valence-corrected chi connectivity index (χ3v) is 3.71. The van der Waals surface area contributed by atoms with Crippen LogP contribution in [0.2, 0.25) is 5.02 Å². The molecule has 1 aliphatic rings. The monoisotopic (exact) mass is 317 g/mol. The highest BCUT2D eigenvalue weighted by molar-refractivity contribution is 9.10. The van der Waals surface area contributed by atoms with Crippen molar-refractivity contribution >= 4 is 33.4 Å². The van der Waals surface area contributed by atoms with Crippen LogP contribution in [-0.2, 0) is 0 Å². The maximum atomic E-state index is 12.2. The highest BCUT2D eigenvalue weighted by Crippen LogP contribution is 2.34. The molecule has 0 aromatic heterocycles. The van der Waals surface area contributed by atoms with Crippen molar-refractivity contribution in [3.8, 4) is 5.75 Å². The minimum Gasteiger partial charge on any atom is -0.494 e. The van der Waals surface area contributed by atoms with Gasteiger partial charge in [0.15, 0.2) is 5.75 Å². The number of benzene rings is 1. The fourth-order valence-electron chi connectivity index (χ4n) is 1.98. The van der Waals surface area contributed by atoms with Crippen LogP contribution in [0.1, 0.15) is 23.2 Å². The normalized spacial score (nSPS) is 15.1. The molecule has 1 aliphatic heterocycles. The summed E-state index contributed by atoms with van der Waals surface area (Å²) in [6.45, 7) is 1.67. The fraction of sp³-hybridized carbons (Fsp3) is 0.417. The molecule has 3 nitrogen and oxygen atoms in total. The third kappa shape index (κ3) is 2.58. The SMILES string of the molecule is COc1c(Cl)cc(C(=O)N2CCCC2)cc1Br. The van der Waals surface area contributed by atoms with Crippen LogP contribution in [0, 0.1) is 0 Å². The topological polar surface area (TPSA) is 29.5 Å². The van der Waals surface area contributed by atoms with E-state index in [2.05, 4.69) is 15.9 Å². The highest BCUT2D eigenvalue weighted by atomic mass is 79.9. The smallest absolute Gasteiger partial charge is 0.253 e. The van der Waals surface area contributed by atoms with Crippen molar-refractivity contribution in [1.82, 2.24) is 4.90 Å². The van der Waals surface area contributed by atoms with Gasteiger partial charge in [0.1, 0.15) is 0 Å². The van der Waals surface area contributed by atoms with Gasteiger partial charge in [0.2, 0.25) is 0 Å². The van der Waals surface area contributed by atoms with Gasteiger partial charge in [-0.15, -0.1) is 0 Å². The second-order valence-corrected chi connectivity index (χ2v) is 5.23. The molecule has 92 valence electrons. The zero-order chi connectivity index (χ0) is 12.4. The maximum Gasteiger partial charge on any atom is 0.253 e. The number of carbonyl (C=O) groups excluding carboxylic acids is 1. The number of carbonyl (C=O) groups is 1. The van der Waals surface area contributed by atoms with Gasteiger partial charge in [0.25, 0.3) is 5.91 Å². The van der Waals surface area contributed by atoms with Crippen LogP contribution in [0.3, 0.4) is 0 Å². The molecule has 0 N–H and O–H groups in total. The number of nitrogens with zero attached hydrogens (tertiary/aromatic N) is 1. The van der Waals surface area contributed by atoms with Crippen LogP contribution < -0.4 is 4.74 Å². The number of hydrogen-bond acceptors (Lipinski definition) is 2. The zero-order valence-electron chi connectivity index (χ0n) is 9.50. The van der Waals surface area contributed by atoms with Crippen molar-refractivity contribution in [1.29, 1.82) is 0 Å². The van der Waals surface area contributed by atoms with E-state index in [1.54, 1.807) is 19.2 Å². The summed E-state index contributed by atoms with van der Waals surface area (Å²) in [5, 5.41) is 0.449. The molecular formula is C12H13BrClNO2. The predicted octanol–water partition coefficient (Wildman–Crippen LogP) is 3.35. The number of rotatable bonds is 2. The molecule has 17 heavy (non-hydrogen) atoms. The van der Waals surface area contributed by atoms with Crippen molar-refractivity contribution in [2.75, 3.05) is 20.2 Å². The largest absolute Gasteiger partial charge is 0.494 e. The Morgan fingerprint density at radius 1 is 1.41 bits per heavy atom. The number of amides is 1.